The highest BCUT2D eigenvalue weighted by atomic mass is 19.1. The van der Waals surface area contributed by atoms with Crippen LogP contribution in [0.3, 0.4) is 0 Å². The molecule has 4 nitrogen and oxygen atoms in total. The SMILES string of the molecule is CN(C)CCN1CCN(c2ccc(F)cc2N)CC1. The van der Waals surface area contributed by atoms with Gasteiger partial charge < -0.3 is 15.5 Å². The topological polar surface area (TPSA) is 35.7 Å². The fraction of sp³-hybridized carbons (Fsp3) is 0.571. The molecule has 0 bridgehead atoms. The number of nitrogens with two attached hydrogens (primary N) is 1. The van der Waals surface area contributed by atoms with E-state index < -0.39 is 0 Å². The molecule has 0 saturated carbocycles. The summed E-state index contributed by atoms with van der Waals surface area (Å²) >= 11 is 0. The van der Waals surface area contributed by atoms with Crippen molar-refractivity contribution >= 4 is 11.4 Å². The van der Waals surface area contributed by atoms with Gasteiger partial charge in [-0.15, -0.1) is 0 Å². The van der Waals surface area contributed by atoms with Crippen molar-refractivity contribution in [3.63, 3.8) is 0 Å². The highest BCUT2D eigenvalue weighted by Crippen LogP contribution is 2.24. The van der Waals surface area contributed by atoms with Crippen molar-refractivity contribution in [3.05, 3.63) is 24.0 Å². The first-order chi connectivity index (χ1) is 9.06. The number of hydrogen-bond donors (Lipinski definition) is 1. The molecule has 0 spiro atoms. The fourth-order valence-electron chi connectivity index (χ4n) is 2.37. The Morgan fingerprint density at radius 2 is 1.89 bits per heavy atom. The van der Waals surface area contributed by atoms with Crippen LogP contribution in [0.25, 0.3) is 0 Å². The Balaban J connectivity index is 1.89. The van der Waals surface area contributed by atoms with E-state index in [1.54, 1.807) is 6.07 Å². The van der Waals surface area contributed by atoms with Crippen LogP contribution in [0.5, 0.6) is 0 Å². The predicted molar refractivity (Wildman–Crippen MR) is 78.0 cm³/mol. The van der Waals surface area contributed by atoms with Crippen LogP contribution in [0.4, 0.5) is 15.8 Å². The van der Waals surface area contributed by atoms with E-state index in [4.69, 9.17) is 5.73 Å². The Kier molecular flexibility index (Phi) is 4.61. The molecule has 1 aromatic rings. The van der Waals surface area contributed by atoms with Crippen molar-refractivity contribution in [1.29, 1.82) is 0 Å². The Morgan fingerprint density at radius 3 is 2.47 bits per heavy atom. The smallest absolute Gasteiger partial charge is 0.125 e. The lowest BCUT2D eigenvalue weighted by Gasteiger charge is -2.37. The summed E-state index contributed by atoms with van der Waals surface area (Å²) in [6, 6.07) is 4.65. The molecule has 19 heavy (non-hydrogen) atoms. The zero-order chi connectivity index (χ0) is 13.8. The van der Waals surface area contributed by atoms with Crippen LogP contribution in [-0.4, -0.2) is 63.2 Å². The molecule has 2 rings (SSSR count). The highest BCUT2D eigenvalue weighted by molar-refractivity contribution is 5.67. The van der Waals surface area contributed by atoms with Gasteiger partial charge in [0, 0.05) is 39.3 Å². The zero-order valence-electron chi connectivity index (χ0n) is 11.8. The molecule has 1 heterocycles. The molecule has 0 unspecified atom stereocenters. The molecule has 2 N–H and O–H groups in total. The summed E-state index contributed by atoms with van der Waals surface area (Å²) in [5, 5.41) is 0. The average molecular weight is 266 g/mol. The summed E-state index contributed by atoms with van der Waals surface area (Å²) in [5.41, 5.74) is 7.37. The standard InChI is InChI=1S/C14H23FN4/c1-17(2)5-6-18-7-9-19(10-8-18)14-4-3-12(15)11-13(14)16/h3-4,11H,5-10,16H2,1-2H3. The number of hydrogen-bond acceptors (Lipinski definition) is 4. The summed E-state index contributed by atoms with van der Waals surface area (Å²) < 4.78 is 13.0. The van der Waals surface area contributed by atoms with Crippen molar-refractivity contribution < 1.29 is 4.39 Å². The Labute approximate surface area is 114 Å². The number of anilines is 2. The maximum absolute atomic E-state index is 13.0. The summed E-state index contributed by atoms with van der Waals surface area (Å²) in [6.07, 6.45) is 0. The van der Waals surface area contributed by atoms with Crippen LogP contribution in [0.15, 0.2) is 18.2 Å². The lowest BCUT2D eigenvalue weighted by atomic mass is 10.2. The second-order valence-corrected chi connectivity index (χ2v) is 5.34. The van der Waals surface area contributed by atoms with Gasteiger partial charge in [0.25, 0.3) is 0 Å². The average Bonchev–Trinajstić information content (AvgIpc) is 2.37. The van der Waals surface area contributed by atoms with Crippen LogP contribution < -0.4 is 10.6 Å². The molecule has 0 atom stereocenters. The molecule has 1 aromatic carbocycles. The molecule has 106 valence electrons. The summed E-state index contributed by atoms with van der Waals surface area (Å²) in [7, 11) is 4.19. The van der Waals surface area contributed by atoms with E-state index in [9.17, 15) is 4.39 Å². The Hall–Kier alpha value is -1.33. The molecule has 1 fully saturated rings. The van der Waals surface area contributed by atoms with Crippen LogP contribution in [0.1, 0.15) is 0 Å². The van der Waals surface area contributed by atoms with Gasteiger partial charge in [0.05, 0.1) is 11.4 Å². The number of rotatable bonds is 4. The molecule has 0 amide bonds. The summed E-state index contributed by atoms with van der Waals surface area (Å²) in [5.74, 6) is -0.272. The van der Waals surface area contributed by atoms with E-state index in [-0.39, 0.29) is 5.82 Å². The normalized spacial score (nSPS) is 17.2. The lowest BCUT2D eigenvalue weighted by molar-refractivity contribution is 0.229. The maximum Gasteiger partial charge on any atom is 0.125 e. The number of halogens is 1. The number of nitrogens with zero attached hydrogens (tertiary/aromatic N) is 3. The number of nitrogen functional groups attached to an aromatic ring is 1. The minimum absolute atomic E-state index is 0.272. The largest absolute Gasteiger partial charge is 0.397 e. The van der Waals surface area contributed by atoms with Crippen LogP contribution in [0, 0.1) is 5.82 Å². The van der Waals surface area contributed by atoms with Gasteiger partial charge in [0.15, 0.2) is 0 Å². The number of benzene rings is 1. The molecule has 0 radical (unpaired) electrons. The van der Waals surface area contributed by atoms with Crippen LogP contribution in [0.2, 0.25) is 0 Å². The van der Waals surface area contributed by atoms with Gasteiger partial charge in [-0.2, -0.15) is 0 Å². The van der Waals surface area contributed by atoms with Gasteiger partial charge >= 0.3 is 0 Å². The lowest BCUT2D eigenvalue weighted by Crippen LogP contribution is -2.48. The van der Waals surface area contributed by atoms with Gasteiger partial charge in [-0.05, 0) is 32.3 Å². The molecular formula is C14H23FN4. The van der Waals surface area contributed by atoms with E-state index in [0.717, 1.165) is 45.0 Å². The van der Waals surface area contributed by atoms with Crippen LogP contribution >= 0.6 is 0 Å². The molecule has 1 saturated heterocycles. The minimum atomic E-state index is -0.272. The van der Waals surface area contributed by atoms with Gasteiger partial charge in [-0.25, -0.2) is 4.39 Å². The van der Waals surface area contributed by atoms with E-state index in [2.05, 4.69) is 28.8 Å². The second kappa shape index (κ2) is 6.21. The minimum Gasteiger partial charge on any atom is -0.397 e. The molecule has 5 heteroatoms. The Bertz CT molecular complexity index is 414. The van der Waals surface area contributed by atoms with Crippen molar-refractivity contribution in [2.75, 3.05) is 64.0 Å². The quantitative estimate of drug-likeness (QED) is 0.828. The second-order valence-electron chi connectivity index (χ2n) is 5.34. The van der Waals surface area contributed by atoms with E-state index in [1.807, 2.05) is 0 Å². The predicted octanol–water partition coefficient (Wildman–Crippen LogP) is 1.09. The van der Waals surface area contributed by atoms with Gasteiger partial charge in [0.2, 0.25) is 0 Å². The third kappa shape index (κ3) is 3.81. The number of likely N-dealkylation sites (N-methyl/N-ethyl adjacent to an activating group) is 1. The van der Waals surface area contributed by atoms with Gasteiger partial charge in [-0.1, -0.05) is 0 Å². The first-order valence-electron chi connectivity index (χ1n) is 6.73. The third-order valence-corrected chi connectivity index (χ3v) is 3.57. The van der Waals surface area contributed by atoms with E-state index in [0.29, 0.717) is 5.69 Å². The summed E-state index contributed by atoms with van der Waals surface area (Å²) in [4.78, 5) is 6.89. The Morgan fingerprint density at radius 1 is 1.21 bits per heavy atom. The fourth-order valence-corrected chi connectivity index (χ4v) is 2.37. The first kappa shape index (κ1) is 14.1. The van der Waals surface area contributed by atoms with Gasteiger partial charge in [-0.3, -0.25) is 4.90 Å². The van der Waals surface area contributed by atoms with Crippen molar-refractivity contribution in [1.82, 2.24) is 9.80 Å². The van der Waals surface area contributed by atoms with Crippen LogP contribution in [-0.2, 0) is 0 Å². The maximum atomic E-state index is 13.0. The highest BCUT2D eigenvalue weighted by Gasteiger charge is 2.18. The molecule has 1 aliphatic rings. The summed E-state index contributed by atoms with van der Waals surface area (Å²) in [6.45, 7) is 6.14. The van der Waals surface area contributed by atoms with E-state index >= 15 is 0 Å². The third-order valence-electron chi connectivity index (χ3n) is 3.57. The van der Waals surface area contributed by atoms with Crippen molar-refractivity contribution in [2.24, 2.45) is 0 Å². The van der Waals surface area contributed by atoms with Crippen molar-refractivity contribution in [3.8, 4) is 0 Å². The van der Waals surface area contributed by atoms with E-state index in [1.165, 1.54) is 12.1 Å². The number of piperazine rings is 1. The molecule has 0 aliphatic carbocycles. The molecular weight excluding hydrogens is 243 g/mol. The molecule has 0 aromatic heterocycles. The van der Waals surface area contributed by atoms with Gasteiger partial charge in [0.1, 0.15) is 5.82 Å². The zero-order valence-corrected chi connectivity index (χ0v) is 11.8. The van der Waals surface area contributed by atoms with Crippen molar-refractivity contribution in [2.45, 2.75) is 0 Å². The monoisotopic (exact) mass is 266 g/mol. The molecule has 1 aliphatic heterocycles. The first-order valence-corrected chi connectivity index (χ1v) is 6.73.